The van der Waals surface area contributed by atoms with E-state index in [0.717, 1.165) is 0 Å². The minimum Gasteiger partial charge on any atom is -0.383 e. The van der Waals surface area contributed by atoms with Crippen LogP contribution in [0.15, 0.2) is 46.0 Å². The Morgan fingerprint density at radius 3 is 2.76 bits per heavy atom. The summed E-state index contributed by atoms with van der Waals surface area (Å²) >= 11 is 9.14. The molecule has 0 aliphatic carbocycles. The molecule has 2 N–H and O–H groups in total. The zero-order valence-electron chi connectivity index (χ0n) is 11.1. The van der Waals surface area contributed by atoms with E-state index in [1.807, 2.05) is 6.92 Å². The van der Waals surface area contributed by atoms with Crippen LogP contribution in [0.1, 0.15) is 6.92 Å². The zero-order valence-corrected chi connectivity index (χ0v) is 14.3. The minimum atomic E-state index is -3.78. The summed E-state index contributed by atoms with van der Waals surface area (Å²) < 4.78 is 28.0. The smallest absolute Gasteiger partial charge is 0.281 e. The molecule has 0 aliphatic rings. The second kappa shape index (κ2) is 6.64. The standard InChI is InChI=1S/C13H13BrClN3O2S/c1-2-16-12-4-3-7-17-13(12)21(19,20)18-9-5-6-11(15)10(14)8-9/h3-8,16,18H,2H2,1H3. The van der Waals surface area contributed by atoms with Crippen molar-refractivity contribution < 1.29 is 8.42 Å². The molecule has 0 radical (unpaired) electrons. The first-order valence-corrected chi connectivity index (χ1v) is 8.76. The van der Waals surface area contributed by atoms with Gasteiger partial charge in [-0.15, -0.1) is 0 Å². The lowest BCUT2D eigenvalue weighted by Crippen LogP contribution is -2.17. The first kappa shape index (κ1) is 16.1. The predicted octanol–water partition coefficient (Wildman–Crippen LogP) is 3.73. The predicted molar refractivity (Wildman–Crippen MR) is 88.4 cm³/mol. The highest BCUT2D eigenvalue weighted by molar-refractivity contribution is 9.10. The van der Waals surface area contributed by atoms with Crippen molar-refractivity contribution in [1.82, 2.24) is 4.98 Å². The Balaban J connectivity index is 2.36. The summed E-state index contributed by atoms with van der Waals surface area (Å²) in [5, 5.41) is 3.44. The Kier molecular flexibility index (Phi) is 5.08. The molecule has 0 fully saturated rings. The van der Waals surface area contributed by atoms with Crippen LogP contribution >= 0.6 is 27.5 Å². The lowest BCUT2D eigenvalue weighted by molar-refractivity contribution is 0.598. The van der Waals surface area contributed by atoms with E-state index in [1.165, 1.54) is 6.20 Å². The molecule has 1 aromatic heterocycles. The van der Waals surface area contributed by atoms with Gasteiger partial charge in [0, 0.05) is 17.2 Å². The van der Waals surface area contributed by atoms with E-state index >= 15 is 0 Å². The molecule has 0 amide bonds. The normalized spacial score (nSPS) is 11.2. The number of aromatic nitrogens is 1. The molecule has 0 atom stereocenters. The lowest BCUT2D eigenvalue weighted by Gasteiger charge is -2.12. The van der Waals surface area contributed by atoms with Crippen LogP contribution in [0.2, 0.25) is 5.02 Å². The van der Waals surface area contributed by atoms with Crippen LogP contribution in [-0.4, -0.2) is 19.9 Å². The number of pyridine rings is 1. The summed E-state index contributed by atoms with van der Waals surface area (Å²) in [5.74, 6) is 0. The summed E-state index contributed by atoms with van der Waals surface area (Å²) in [6.45, 7) is 2.48. The number of halogens is 2. The number of nitrogens with one attached hydrogen (secondary N) is 2. The van der Waals surface area contributed by atoms with Gasteiger partial charge in [0.2, 0.25) is 0 Å². The Morgan fingerprint density at radius 1 is 1.33 bits per heavy atom. The maximum atomic E-state index is 12.4. The van der Waals surface area contributed by atoms with Gasteiger partial charge >= 0.3 is 0 Å². The van der Waals surface area contributed by atoms with Crippen molar-refractivity contribution in [3.63, 3.8) is 0 Å². The molecule has 0 saturated heterocycles. The van der Waals surface area contributed by atoms with Crippen LogP contribution in [-0.2, 0) is 10.0 Å². The molecule has 1 heterocycles. The van der Waals surface area contributed by atoms with E-state index in [9.17, 15) is 8.42 Å². The van der Waals surface area contributed by atoms with Gasteiger partial charge in [-0.2, -0.15) is 8.42 Å². The maximum absolute atomic E-state index is 12.4. The molecule has 1 aromatic carbocycles. The van der Waals surface area contributed by atoms with Crippen molar-refractivity contribution in [2.24, 2.45) is 0 Å². The van der Waals surface area contributed by atoms with Crippen molar-refractivity contribution in [2.45, 2.75) is 11.9 Å². The Labute approximate surface area is 136 Å². The molecule has 0 saturated carbocycles. The van der Waals surface area contributed by atoms with Crippen LogP contribution in [0.25, 0.3) is 0 Å². The average Bonchev–Trinajstić information content (AvgIpc) is 2.43. The maximum Gasteiger partial charge on any atom is 0.281 e. The van der Waals surface area contributed by atoms with E-state index in [0.29, 0.717) is 27.4 Å². The second-order valence-electron chi connectivity index (χ2n) is 4.12. The third kappa shape index (κ3) is 3.87. The molecule has 112 valence electrons. The van der Waals surface area contributed by atoms with Crippen molar-refractivity contribution in [3.05, 3.63) is 46.0 Å². The van der Waals surface area contributed by atoms with Gasteiger partial charge in [-0.05, 0) is 53.2 Å². The molecule has 8 heteroatoms. The number of anilines is 2. The summed E-state index contributed by atoms with van der Waals surface area (Å²) in [6, 6.07) is 8.13. The number of rotatable bonds is 5. The highest BCUT2D eigenvalue weighted by Crippen LogP contribution is 2.27. The molecule has 2 aromatic rings. The number of benzene rings is 1. The monoisotopic (exact) mass is 389 g/mol. The Hall–Kier alpha value is -1.31. The molecule has 21 heavy (non-hydrogen) atoms. The SMILES string of the molecule is CCNc1cccnc1S(=O)(=O)Nc1ccc(Cl)c(Br)c1. The molecule has 2 rings (SSSR count). The highest BCUT2D eigenvalue weighted by atomic mass is 79.9. The van der Waals surface area contributed by atoms with Crippen LogP contribution in [0.3, 0.4) is 0 Å². The minimum absolute atomic E-state index is 0.0436. The van der Waals surface area contributed by atoms with E-state index in [-0.39, 0.29) is 5.03 Å². The van der Waals surface area contributed by atoms with Gasteiger partial charge < -0.3 is 5.32 Å². The van der Waals surface area contributed by atoms with Crippen LogP contribution in [0.4, 0.5) is 11.4 Å². The molecule has 0 aliphatic heterocycles. The van der Waals surface area contributed by atoms with E-state index < -0.39 is 10.0 Å². The average molecular weight is 391 g/mol. The fraction of sp³-hybridized carbons (Fsp3) is 0.154. The number of nitrogens with zero attached hydrogens (tertiary/aromatic N) is 1. The third-order valence-electron chi connectivity index (χ3n) is 2.56. The Morgan fingerprint density at radius 2 is 2.10 bits per heavy atom. The van der Waals surface area contributed by atoms with Gasteiger partial charge in [0.1, 0.15) is 0 Å². The van der Waals surface area contributed by atoms with Crippen molar-refractivity contribution >= 4 is 48.9 Å². The van der Waals surface area contributed by atoms with Gasteiger partial charge in [-0.1, -0.05) is 11.6 Å². The van der Waals surface area contributed by atoms with E-state index in [2.05, 4.69) is 31.0 Å². The van der Waals surface area contributed by atoms with Crippen molar-refractivity contribution in [2.75, 3.05) is 16.6 Å². The first-order chi connectivity index (χ1) is 9.94. The number of hydrogen-bond donors (Lipinski definition) is 2. The number of hydrogen-bond acceptors (Lipinski definition) is 4. The summed E-state index contributed by atoms with van der Waals surface area (Å²) in [5.41, 5.74) is 0.861. The fourth-order valence-electron chi connectivity index (χ4n) is 1.69. The zero-order chi connectivity index (χ0) is 15.5. The van der Waals surface area contributed by atoms with Gasteiger partial charge in [0.15, 0.2) is 5.03 Å². The summed E-state index contributed by atoms with van der Waals surface area (Å²) in [7, 11) is -3.78. The quantitative estimate of drug-likeness (QED) is 0.816. The Bertz CT molecular complexity index is 753. The fourth-order valence-corrected chi connectivity index (χ4v) is 3.35. The number of sulfonamides is 1. The van der Waals surface area contributed by atoms with Crippen LogP contribution in [0.5, 0.6) is 0 Å². The molecule has 0 bridgehead atoms. The van der Waals surface area contributed by atoms with Gasteiger partial charge in [-0.3, -0.25) is 4.72 Å². The van der Waals surface area contributed by atoms with Crippen molar-refractivity contribution in [3.8, 4) is 0 Å². The van der Waals surface area contributed by atoms with Crippen LogP contribution in [0, 0.1) is 0 Å². The summed E-state index contributed by atoms with van der Waals surface area (Å²) in [4.78, 5) is 3.95. The second-order valence-corrected chi connectivity index (χ2v) is 6.98. The molecule has 5 nitrogen and oxygen atoms in total. The van der Waals surface area contributed by atoms with Gasteiger partial charge in [0.05, 0.1) is 16.4 Å². The molecule has 0 spiro atoms. The molecular formula is C13H13BrClN3O2S. The van der Waals surface area contributed by atoms with Gasteiger partial charge in [0.25, 0.3) is 10.0 Å². The van der Waals surface area contributed by atoms with Gasteiger partial charge in [-0.25, -0.2) is 4.98 Å². The van der Waals surface area contributed by atoms with E-state index in [4.69, 9.17) is 11.6 Å². The highest BCUT2D eigenvalue weighted by Gasteiger charge is 2.20. The van der Waals surface area contributed by atoms with Crippen LogP contribution < -0.4 is 10.0 Å². The lowest BCUT2D eigenvalue weighted by atomic mass is 10.3. The first-order valence-electron chi connectivity index (χ1n) is 6.11. The third-order valence-corrected chi connectivity index (χ3v) is 5.12. The largest absolute Gasteiger partial charge is 0.383 e. The summed E-state index contributed by atoms with van der Waals surface area (Å²) in [6.07, 6.45) is 1.44. The molecular weight excluding hydrogens is 378 g/mol. The molecule has 0 unspecified atom stereocenters. The van der Waals surface area contributed by atoms with E-state index in [1.54, 1.807) is 30.3 Å². The topological polar surface area (TPSA) is 71.1 Å². The van der Waals surface area contributed by atoms with Crippen molar-refractivity contribution in [1.29, 1.82) is 0 Å².